The van der Waals surface area contributed by atoms with Crippen molar-refractivity contribution < 1.29 is 14.2 Å². The van der Waals surface area contributed by atoms with E-state index in [9.17, 15) is 0 Å². The molecule has 7 heteroatoms. The maximum Gasteiger partial charge on any atom is 0.190 e. The molecule has 0 bridgehead atoms. The van der Waals surface area contributed by atoms with E-state index < -0.39 is 0 Å². The van der Waals surface area contributed by atoms with Crippen molar-refractivity contribution in [2.24, 2.45) is 10.9 Å². The SMILES string of the molecule is CN=C(NCCCOCC1CCOCC1)NCCc1cccc(OC)c1.I. The van der Waals surface area contributed by atoms with Gasteiger partial charge in [-0.2, -0.15) is 0 Å². The summed E-state index contributed by atoms with van der Waals surface area (Å²) in [7, 11) is 3.49. The van der Waals surface area contributed by atoms with Gasteiger partial charge in [0.1, 0.15) is 5.75 Å². The molecular weight excluding hydrogens is 457 g/mol. The van der Waals surface area contributed by atoms with Crippen molar-refractivity contribution in [3.8, 4) is 5.75 Å². The molecule has 0 saturated carbocycles. The maximum absolute atomic E-state index is 5.78. The number of guanidine groups is 1. The molecular formula is C20H34IN3O3. The molecule has 0 aromatic heterocycles. The van der Waals surface area contributed by atoms with Crippen LogP contribution >= 0.6 is 24.0 Å². The molecule has 27 heavy (non-hydrogen) atoms. The second-order valence-corrected chi connectivity index (χ2v) is 6.51. The van der Waals surface area contributed by atoms with Crippen LogP contribution in [0.15, 0.2) is 29.3 Å². The molecule has 1 fully saturated rings. The lowest BCUT2D eigenvalue weighted by Crippen LogP contribution is -2.39. The smallest absolute Gasteiger partial charge is 0.190 e. The topological polar surface area (TPSA) is 64.1 Å². The van der Waals surface area contributed by atoms with Crippen molar-refractivity contribution in [1.29, 1.82) is 0 Å². The summed E-state index contributed by atoms with van der Waals surface area (Å²) >= 11 is 0. The van der Waals surface area contributed by atoms with E-state index in [-0.39, 0.29) is 24.0 Å². The maximum atomic E-state index is 5.78. The summed E-state index contributed by atoms with van der Waals surface area (Å²) in [5.74, 6) is 2.39. The van der Waals surface area contributed by atoms with Gasteiger partial charge in [-0.05, 0) is 49.3 Å². The Morgan fingerprint density at radius 2 is 2.00 bits per heavy atom. The third-order valence-electron chi connectivity index (χ3n) is 4.52. The number of rotatable bonds is 10. The lowest BCUT2D eigenvalue weighted by atomic mass is 10.0. The molecule has 2 N–H and O–H groups in total. The van der Waals surface area contributed by atoms with E-state index in [0.717, 1.165) is 76.9 Å². The van der Waals surface area contributed by atoms with Crippen LogP contribution < -0.4 is 15.4 Å². The van der Waals surface area contributed by atoms with Crippen LogP contribution in [-0.4, -0.2) is 59.6 Å². The summed E-state index contributed by atoms with van der Waals surface area (Å²) in [5.41, 5.74) is 1.24. The van der Waals surface area contributed by atoms with Crippen LogP contribution in [0.1, 0.15) is 24.8 Å². The van der Waals surface area contributed by atoms with Gasteiger partial charge in [0.2, 0.25) is 0 Å². The molecule has 1 saturated heterocycles. The highest BCUT2D eigenvalue weighted by Crippen LogP contribution is 2.14. The predicted molar refractivity (Wildman–Crippen MR) is 120 cm³/mol. The minimum Gasteiger partial charge on any atom is -0.497 e. The lowest BCUT2D eigenvalue weighted by Gasteiger charge is -2.21. The van der Waals surface area contributed by atoms with Crippen molar-refractivity contribution >= 4 is 29.9 Å². The molecule has 0 radical (unpaired) electrons. The summed E-state index contributed by atoms with van der Waals surface area (Å²) in [6.07, 6.45) is 4.15. The fourth-order valence-electron chi connectivity index (χ4n) is 2.92. The van der Waals surface area contributed by atoms with Gasteiger partial charge in [0, 0.05) is 46.6 Å². The zero-order valence-corrected chi connectivity index (χ0v) is 18.9. The summed E-state index contributed by atoms with van der Waals surface area (Å²) in [5, 5.41) is 6.67. The van der Waals surface area contributed by atoms with Crippen LogP contribution in [0.2, 0.25) is 0 Å². The Morgan fingerprint density at radius 1 is 1.22 bits per heavy atom. The van der Waals surface area contributed by atoms with Gasteiger partial charge in [-0.25, -0.2) is 0 Å². The third kappa shape index (κ3) is 10.2. The monoisotopic (exact) mass is 491 g/mol. The van der Waals surface area contributed by atoms with Gasteiger partial charge in [-0.15, -0.1) is 24.0 Å². The molecule has 1 aliphatic heterocycles. The Morgan fingerprint density at radius 3 is 2.74 bits per heavy atom. The molecule has 6 nitrogen and oxygen atoms in total. The first-order chi connectivity index (χ1) is 12.8. The minimum absolute atomic E-state index is 0. The van der Waals surface area contributed by atoms with E-state index in [2.05, 4.69) is 27.8 Å². The van der Waals surface area contributed by atoms with Crippen molar-refractivity contribution in [1.82, 2.24) is 10.6 Å². The van der Waals surface area contributed by atoms with Crippen LogP contribution in [0.25, 0.3) is 0 Å². The molecule has 154 valence electrons. The van der Waals surface area contributed by atoms with E-state index in [4.69, 9.17) is 14.2 Å². The van der Waals surface area contributed by atoms with Gasteiger partial charge >= 0.3 is 0 Å². The number of ether oxygens (including phenoxy) is 3. The normalized spacial score (nSPS) is 15.1. The Labute approximate surface area is 180 Å². The van der Waals surface area contributed by atoms with Gasteiger partial charge in [0.15, 0.2) is 5.96 Å². The molecule has 0 amide bonds. The van der Waals surface area contributed by atoms with Crippen molar-refractivity contribution in [3.63, 3.8) is 0 Å². The Bertz CT molecular complexity index is 537. The highest BCUT2D eigenvalue weighted by molar-refractivity contribution is 14.0. The molecule has 0 atom stereocenters. The fraction of sp³-hybridized carbons (Fsp3) is 0.650. The van der Waals surface area contributed by atoms with E-state index in [1.54, 1.807) is 14.2 Å². The van der Waals surface area contributed by atoms with Gasteiger partial charge in [0.05, 0.1) is 7.11 Å². The van der Waals surface area contributed by atoms with Crippen molar-refractivity contribution in [2.45, 2.75) is 25.7 Å². The van der Waals surface area contributed by atoms with Crippen LogP contribution in [0.5, 0.6) is 5.75 Å². The summed E-state index contributed by atoms with van der Waals surface area (Å²) in [4.78, 5) is 4.26. The fourth-order valence-corrected chi connectivity index (χ4v) is 2.92. The van der Waals surface area contributed by atoms with Crippen LogP contribution in [-0.2, 0) is 15.9 Å². The van der Waals surface area contributed by atoms with Crippen molar-refractivity contribution in [2.75, 3.05) is 53.7 Å². The minimum atomic E-state index is 0. The molecule has 1 aromatic carbocycles. The molecule has 0 spiro atoms. The Balaban J connectivity index is 0.00000364. The van der Waals surface area contributed by atoms with Crippen LogP contribution in [0.3, 0.4) is 0 Å². The van der Waals surface area contributed by atoms with Gasteiger partial charge in [-0.3, -0.25) is 4.99 Å². The van der Waals surface area contributed by atoms with Gasteiger partial charge in [-0.1, -0.05) is 12.1 Å². The number of nitrogens with one attached hydrogen (secondary N) is 2. The first kappa shape index (κ1) is 24.0. The first-order valence-corrected chi connectivity index (χ1v) is 9.54. The lowest BCUT2D eigenvalue weighted by molar-refractivity contribution is 0.0203. The van der Waals surface area contributed by atoms with E-state index >= 15 is 0 Å². The molecule has 0 aliphatic carbocycles. The zero-order valence-electron chi connectivity index (χ0n) is 16.5. The quantitative estimate of drug-likeness (QED) is 0.228. The number of halogens is 1. The molecule has 1 aliphatic rings. The highest BCUT2D eigenvalue weighted by Gasteiger charge is 2.13. The average Bonchev–Trinajstić information content (AvgIpc) is 2.70. The molecule has 0 unspecified atom stereocenters. The number of hydrogen-bond acceptors (Lipinski definition) is 4. The Hall–Kier alpha value is -1.06. The second kappa shape index (κ2) is 14.9. The molecule has 2 rings (SSSR count). The summed E-state index contributed by atoms with van der Waals surface area (Å²) in [6.45, 7) is 5.09. The first-order valence-electron chi connectivity index (χ1n) is 9.54. The standard InChI is InChI=1S/C20H33N3O3.HI/c1-21-20(23-11-7-17-5-3-6-19(15-17)24-2)22-10-4-12-26-16-18-8-13-25-14-9-18;/h3,5-6,15,18H,4,7-14,16H2,1-2H3,(H2,21,22,23);1H. The summed E-state index contributed by atoms with van der Waals surface area (Å²) in [6, 6.07) is 8.15. The molecule has 1 heterocycles. The third-order valence-corrected chi connectivity index (χ3v) is 4.52. The van der Waals surface area contributed by atoms with Gasteiger partial charge in [0.25, 0.3) is 0 Å². The number of hydrogen-bond donors (Lipinski definition) is 2. The number of nitrogens with zero attached hydrogens (tertiary/aromatic N) is 1. The number of methoxy groups -OCH3 is 1. The van der Waals surface area contributed by atoms with E-state index in [1.165, 1.54) is 5.56 Å². The van der Waals surface area contributed by atoms with Crippen LogP contribution in [0.4, 0.5) is 0 Å². The average molecular weight is 491 g/mol. The van der Waals surface area contributed by atoms with Crippen LogP contribution in [0, 0.1) is 5.92 Å². The summed E-state index contributed by atoms with van der Waals surface area (Å²) < 4.78 is 16.4. The highest BCUT2D eigenvalue weighted by atomic mass is 127. The zero-order chi connectivity index (χ0) is 18.5. The number of aliphatic imine (C=N–C) groups is 1. The Kier molecular flexibility index (Phi) is 13.3. The van der Waals surface area contributed by atoms with E-state index in [1.807, 2.05) is 12.1 Å². The van der Waals surface area contributed by atoms with Crippen molar-refractivity contribution in [3.05, 3.63) is 29.8 Å². The number of benzene rings is 1. The largest absolute Gasteiger partial charge is 0.497 e. The van der Waals surface area contributed by atoms with Gasteiger partial charge < -0.3 is 24.8 Å². The predicted octanol–water partition coefficient (Wildman–Crippen LogP) is 2.85. The van der Waals surface area contributed by atoms with E-state index in [0.29, 0.717) is 5.92 Å². The molecule has 1 aromatic rings. The second-order valence-electron chi connectivity index (χ2n) is 6.51.